The van der Waals surface area contributed by atoms with Gasteiger partial charge in [0.2, 0.25) is 17.7 Å². The molecule has 7 nitrogen and oxygen atoms in total. The molecule has 0 spiro atoms. The van der Waals surface area contributed by atoms with Gasteiger partial charge in [-0.1, -0.05) is 63.4 Å². The summed E-state index contributed by atoms with van der Waals surface area (Å²) in [6.45, 7) is 5.13. The smallest absolute Gasteiger partial charge is 0.245 e. The molecule has 1 saturated heterocycles. The highest BCUT2D eigenvalue weighted by atomic mass is 16.2. The van der Waals surface area contributed by atoms with Crippen LogP contribution in [0.1, 0.15) is 57.9 Å². The zero-order valence-electron chi connectivity index (χ0n) is 19.2. The number of likely N-dealkylation sites (tertiary alicyclic amines) is 1. The van der Waals surface area contributed by atoms with E-state index in [-0.39, 0.29) is 30.2 Å². The third kappa shape index (κ3) is 7.06. The van der Waals surface area contributed by atoms with E-state index in [1.54, 1.807) is 23.8 Å². The number of hydrogen-bond donors (Lipinski definition) is 2. The summed E-state index contributed by atoms with van der Waals surface area (Å²) >= 11 is 0. The normalized spacial score (nSPS) is 17.8. The van der Waals surface area contributed by atoms with Crippen LogP contribution in [-0.4, -0.2) is 59.7 Å². The fourth-order valence-electron chi connectivity index (χ4n) is 3.95. The van der Waals surface area contributed by atoms with Gasteiger partial charge in [0.05, 0.1) is 0 Å². The molecule has 3 atom stereocenters. The number of nitrogens with one attached hydrogen (secondary N) is 1. The second-order valence-corrected chi connectivity index (χ2v) is 8.56. The summed E-state index contributed by atoms with van der Waals surface area (Å²) in [5.74, 6) is -0.767. The minimum atomic E-state index is -0.610. The fraction of sp³-hybridized carbons (Fsp3) is 0.625. The van der Waals surface area contributed by atoms with Crippen molar-refractivity contribution in [3.63, 3.8) is 0 Å². The van der Waals surface area contributed by atoms with Crippen LogP contribution in [0.2, 0.25) is 0 Å². The Morgan fingerprint density at radius 1 is 1.23 bits per heavy atom. The van der Waals surface area contributed by atoms with Gasteiger partial charge in [0.15, 0.2) is 0 Å². The van der Waals surface area contributed by atoms with E-state index in [4.69, 9.17) is 5.73 Å². The lowest BCUT2D eigenvalue weighted by Gasteiger charge is -2.31. The number of nitrogens with two attached hydrogens (primary N) is 1. The van der Waals surface area contributed by atoms with E-state index in [2.05, 4.69) is 12.2 Å². The first-order valence-electron chi connectivity index (χ1n) is 11.5. The van der Waals surface area contributed by atoms with Crippen LogP contribution in [0, 0.1) is 5.92 Å². The van der Waals surface area contributed by atoms with E-state index in [1.807, 2.05) is 30.3 Å². The van der Waals surface area contributed by atoms with Crippen molar-refractivity contribution in [3.8, 4) is 0 Å². The van der Waals surface area contributed by atoms with Gasteiger partial charge < -0.3 is 20.9 Å². The maximum atomic E-state index is 13.4. The van der Waals surface area contributed by atoms with Crippen LogP contribution >= 0.6 is 0 Å². The highest BCUT2D eigenvalue weighted by Gasteiger charge is 2.38. The molecule has 31 heavy (non-hydrogen) atoms. The van der Waals surface area contributed by atoms with Crippen molar-refractivity contribution in [2.75, 3.05) is 20.1 Å². The van der Waals surface area contributed by atoms with Crippen molar-refractivity contribution >= 4 is 17.7 Å². The number of benzene rings is 1. The average molecular weight is 431 g/mol. The number of likely N-dealkylation sites (N-methyl/N-ethyl adjacent to an activating group) is 1. The van der Waals surface area contributed by atoms with Crippen LogP contribution in [0.4, 0.5) is 0 Å². The Kier molecular flexibility index (Phi) is 9.98. The van der Waals surface area contributed by atoms with Gasteiger partial charge in [0.1, 0.15) is 12.1 Å². The van der Waals surface area contributed by atoms with Crippen LogP contribution < -0.4 is 11.1 Å². The molecular formula is C24H38N4O3. The van der Waals surface area contributed by atoms with E-state index < -0.39 is 12.1 Å². The Labute approximate surface area is 186 Å². The van der Waals surface area contributed by atoms with Gasteiger partial charge in [0, 0.05) is 32.6 Å². The zero-order valence-corrected chi connectivity index (χ0v) is 19.2. The highest BCUT2D eigenvalue weighted by Crippen LogP contribution is 2.22. The Balaban J connectivity index is 2.08. The number of carbonyl (C=O) groups is 3. The number of carbonyl (C=O) groups excluding carboxylic acids is 3. The second-order valence-electron chi connectivity index (χ2n) is 8.56. The quantitative estimate of drug-likeness (QED) is 0.527. The van der Waals surface area contributed by atoms with Crippen LogP contribution in [0.25, 0.3) is 0 Å². The predicted octanol–water partition coefficient (Wildman–Crippen LogP) is 2.30. The second kappa shape index (κ2) is 12.4. The monoisotopic (exact) mass is 430 g/mol. The first kappa shape index (κ1) is 24.9. The molecule has 1 heterocycles. The lowest BCUT2D eigenvalue weighted by Crippen LogP contribution is -2.54. The molecule has 0 saturated carbocycles. The van der Waals surface area contributed by atoms with Gasteiger partial charge in [0.25, 0.3) is 0 Å². The predicted molar refractivity (Wildman–Crippen MR) is 122 cm³/mol. The first-order valence-corrected chi connectivity index (χ1v) is 11.5. The summed E-state index contributed by atoms with van der Waals surface area (Å²) in [6.07, 6.45) is 4.89. The minimum absolute atomic E-state index is 0.0522. The van der Waals surface area contributed by atoms with Crippen LogP contribution in [0.5, 0.6) is 0 Å². The number of unbranched alkanes of at least 4 members (excludes halogenated alkanes) is 2. The number of hydrogen-bond acceptors (Lipinski definition) is 4. The molecule has 1 aliphatic heterocycles. The largest absolute Gasteiger partial charge is 0.344 e. The molecule has 3 amide bonds. The first-order chi connectivity index (χ1) is 14.9. The summed E-state index contributed by atoms with van der Waals surface area (Å²) in [5, 5.41) is 2.90. The fourth-order valence-corrected chi connectivity index (χ4v) is 3.95. The van der Waals surface area contributed by atoms with Crippen molar-refractivity contribution < 1.29 is 14.4 Å². The maximum Gasteiger partial charge on any atom is 0.245 e. The average Bonchev–Trinajstić information content (AvgIpc) is 3.27. The van der Waals surface area contributed by atoms with E-state index in [0.29, 0.717) is 25.9 Å². The van der Waals surface area contributed by atoms with Crippen LogP contribution in [-0.2, 0) is 20.9 Å². The SMILES string of the molecule is CCCCC[C@H](NC(=O)[C@H](C)CN)C(=O)N1CCC[C@H]1C(=O)N(C)Cc1ccccc1. The molecule has 1 aliphatic rings. The van der Waals surface area contributed by atoms with E-state index in [9.17, 15) is 14.4 Å². The molecule has 3 N–H and O–H groups in total. The van der Waals surface area contributed by atoms with Crippen molar-refractivity contribution in [2.24, 2.45) is 11.7 Å². The highest BCUT2D eigenvalue weighted by molar-refractivity contribution is 5.92. The summed E-state index contributed by atoms with van der Waals surface area (Å²) in [4.78, 5) is 42.3. The minimum Gasteiger partial charge on any atom is -0.344 e. The maximum absolute atomic E-state index is 13.4. The van der Waals surface area contributed by atoms with Gasteiger partial charge in [-0.2, -0.15) is 0 Å². The molecule has 0 aromatic heterocycles. The third-order valence-electron chi connectivity index (χ3n) is 5.97. The van der Waals surface area contributed by atoms with Gasteiger partial charge in [-0.15, -0.1) is 0 Å². The standard InChI is InChI=1S/C24H38N4O3/c1-4-5-7-13-20(26-22(29)18(2)16-25)23(30)28-15-10-14-21(28)24(31)27(3)17-19-11-8-6-9-12-19/h6,8-9,11-12,18,20-21H,4-5,7,10,13-17,25H2,1-3H3,(H,26,29)/t18-,20+,21+/m1/s1. The molecule has 2 rings (SSSR count). The summed E-state index contributed by atoms with van der Waals surface area (Å²) in [7, 11) is 1.78. The Bertz CT molecular complexity index is 725. The van der Waals surface area contributed by atoms with Crippen molar-refractivity contribution in [2.45, 2.75) is 71.0 Å². The lowest BCUT2D eigenvalue weighted by atomic mass is 10.0. The van der Waals surface area contributed by atoms with E-state index in [1.165, 1.54) is 0 Å². The molecule has 0 aliphatic carbocycles. The van der Waals surface area contributed by atoms with Gasteiger partial charge >= 0.3 is 0 Å². The molecular weight excluding hydrogens is 392 g/mol. The summed E-state index contributed by atoms with van der Waals surface area (Å²) in [5.41, 5.74) is 6.67. The molecule has 0 radical (unpaired) electrons. The Morgan fingerprint density at radius 3 is 2.58 bits per heavy atom. The van der Waals surface area contributed by atoms with Crippen molar-refractivity contribution in [3.05, 3.63) is 35.9 Å². The van der Waals surface area contributed by atoms with Gasteiger partial charge in [-0.3, -0.25) is 14.4 Å². The lowest BCUT2D eigenvalue weighted by molar-refractivity contribution is -0.145. The molecule has 1 aromatic rings. The topological polar surface area (TPSA) is 95.7 Å². The Morgan fingerprint density at radius 2 is 1.94 bits per heavy atom. The third-order valence-corrected chi connectivity index (χ3v) is 5.97. The molecule has 172 valence electrons. The zero-order chi connectivity index (χ0) is 22.8. The molecule has 1 fully saturated rings. The van der Waals surface area contributed by atoms with E-state index >= 15 is 0 Å². The molecule has 1 aromatic carbocycles. The van der Waals surface area contributed by atoms with Crippen LogP contribution in [0.15, 0.2) is 30.3 Å². The molecule has 0 unspecified atom stereocenters. The summed E-state index contributed by atoms with van der Waals surface area (Å²) in [6, 6.07) is 8.73. The molecule has 0 bridgehead atoms. The number of amides is 3. The van der Waals surface area contributed by atoms with E-state index in [0.717, 1.165) is 31.2 Å². The molecule has 7 heteroatoms. The van der Waals surface area contributed by atoms with Gasteiger partial charge in [-0.25, -0.2) is 0 Å². The summed E-state index contributed by atoms with van der Waals surface area (Å²) < 4.78 is 0. The van der Waals surface area contributed by atoms with Gasteiger partial charge in [-0.05, 0) is 24.8 Å². The van der Waals surface area contributed by atoms with Crippen molar-refractivity contribution in [1.82, 2.24) is 15.1 Å². The number of rotatable bonds is 11. The van der Waals surface area contributed by atoms with Crippen LogP contribution in [0.3, 0.4) is 0 Å². The number of nitrogens with zero attached hydrogens (tertiary/aromatic N) is 2. The Hall–Kier alpha value is -2.41. The van der Waals surface area contributed by atoms with Crippen molar-refractivity contribution in [1.29, 1.82) is 0 Å².